The third-order valence-corrected chi connectivity index (χ3v) is 7.10. The van der Waals surface area contributed by atoms with Gasteiger partial charge < -0.3 is 10.2 Å². The van der Waals surface area contributed by atoms with Crippen molar-refractivity contribution < 1.29 is 0 Å². The molecule has 0 spiro atoms. The maximum atomic E-state index is 3.62. The van der Waals surface area contributed by atoms with Crippen LogP contribution in [-0.4, -0.2) is 41.4 Å². The molecule has 1 atom stereocenters. The first-order chi connectivity index (χ1) is 10.8. The molecule has 4 heteroatoms. The second kappa shape index (κ2) is 5.43. The van der Waals surface area contributed by atoms with Gasteiger partial charge in [0.1, 0.15) is 0 Å². The molecule has 0 amide bonds. The fraction of sp³-hybridized carbons (Fsp3) is 0.667. The Kier molecular flexibility index (Phi) is 3.38. The molecule has 118 valence electrons. The first-order valence-corrected chi connectivity index (χ1v) is 9.66. The summed E-state index contributed by atoms with van der Waals surface area (Å²) in [4.78, 5) is 4.15. The lowest BCUT2D eigenvalue weighted by atomic mass is 9.84. The molecule has 2 bridgehead atoms. The molecule has 3 saturated heterocycles. The van der Waals surface area contributed by atoms with E-state index in [9.17, 15) is 0 Å². The van der Waals surface area contributed by atoms with E-state index in [-0.39, 0.29) is 0 Å². The predicted molar refractivity (Wildman–Crippen MR) is 92.0 cm³/mol. The molecule has 3 nitrogen and oxygen atoms in total. The average molecular weight is 315 g/mol. The molecule has 4 aliphatic heterocycles. The summed E-state index contributed by atoms with van der Waals surface area (Å²) in [5.74, 6) is 1.86. The maximum Gasteiger partial charge on any atom is 0.0366 e. The third-order valence-electron chi connectivity index (χ3n) is 5.89. The number of hydrogen-bond donors (Lipinski definition) is 1. The van der Waals surface area contributed by atoms with Crippen molar-refractivity contribution in [2.24, 2.45) is 11.8 Å². The number of nitrogens with zero attached hydrogens (tertiary/aromatic N) is 2. The van der Waals surface area contributed by atoms with E-state index >= 15 is 0 Å². The number of hydrogen-bond acceptors (Lipinski definition) is 4. The van der Waals surface area contributed by atoms with E-state index in [2.05, 4.69) is 32.7 Å². The van der Waals surface area contributed by atoms with Crippen LogP contribution in [0.1, 0.15) is 31.2 Å². The van der Waals surface area contributed by atoms with E-state index in [1.54, 1.807) is 0 Å². The Hall–Kier alpha value is -0.710. The number of nitrogens with one attached hydrogen (secondary N) is 1. The summed E-state index contributed by atoms with van der Waals surface area (Å²) in [7, 11) is 0. The van der Waals surface area contributed by atoms with E-state index in [0.29, 0.717) is 0 Å². The molecule has 1 aromatic carbocycles. The van der Waals surface area contributed by atoms with Crippen molar-refractivity contribution in [3.8, 4) is 0 Å². The monoisotopic (exact) mass is 315 g/mol. The van der Waals surface area contributed by atoms with Crippen molar-refractivity contribution in [3.05, 3.63) is 23.8 Å². The number of fused-ring (bicyclic) bond motifs is 4. The van der Waals surface area contributed by atoms with Crippen LogP contribution in [0.3, 0.4) is 0 Å². The number of benzene rings is 1. The number of anilines is 1. The second-order valence-electron chi connectivity index (χ2n) is 7.52. The van der Waals surface area contributed by atoms with Crippen molar-refractivity contribution in [2.45, 2.75) is 43.2 Å². The van der Waals surface area contributed by atoms with Gasteiger partial charge in [-0.15, -0.1) is 0 Å². The Bertz CT molecular complexity index is 563. The summed E-state index contributed by atoms with van der Waals surface area (Å²) in [5.41, 5.74) is 2.84. The minimum atomic E-state index is 0.766. The summed E-state index contributed by atoms with van der Waals surface area (Å²) in [6, 6.07) is 7.77. The van der Waals surface area contributed by atoms with E-state index in [0.717, 1.165) is 31.0 Å². The lowest BCUT2D eigenvalue weighted by Crippen LogP contribution is -2.54. The topological polar surface area (TPSA) is 18.5 Å². The van der Waals surface area contributed by atoms with Gasteiger partial charge in [-0.2, -0.15) is 0 Å². The van der Waals surface area contributed by atoms with Gasteiger partial charge in [0.2, 0.25) is 0 Å². The number of rotatable bonds is 4. The molecule has 0 unspecified atom stereocenters. The van der Waals surface area contributed by atoms with Crippen LogP contribution in [0.25, 0.3) is 0 Å². The Morgan fingerprint density at radius 3 is 2.73 bits per heavy atom. The van der Waals surface area contributed by atoms with Gasteiger partial charge in [-0.3, -0.25) is 0 Å². The fourth-order valence-electron chi connectivity index (χ4n) is 4.24. The maximum absolute atomic E-state index is 3.62. The smallest absolute Gasteiger partial charge is 0.0366 e. The molecule has 1 saturated carbocycles. The summed E-state index contributed by atoms with van der Waals surface area (Å²) in [6.07, 6.45) is 5.65. The van der Waals surface area contributed by atoms with Gasteiger partial charge in [-0.1, -0.05) is 6.07 Å². The number of piperidine rings is 3. The van der Waals surface area contributed by atoms with Crippen molar-refractivity contribution in [1.29, 1.82) is 0 Å². The highest BCUT2D eigenvalue weighted by atomic mass is 32.2. The molecule has 0 aromatic heterocycles. The highest BCUT2D eigenvalue weighted by Gasteiger charge is 2.39. The Morgan fingerprint density at radius 1 is 1.14 bits per heavy atom. The van der Waals surface area contributed by atoms with Gasteiger partial charge >= 0.3 is 0 Å². The Morgan fingerprint density at radius 2 is 2.00 bits per heavy atom. The Labute approximate surface area is 137 Å². The third kappa shape index (κ3) is 2.55. The minimum absolute atomic E-state index is 0.766. The van der Waals surface area contributed by atoms with Crippen molar-refractivity contribution >= 4 is 17.6 Å². The van der Waals surface area contributed by atoms with Crippen LogP contribution in [-0.2, 0) is 6.54 Å². The van der Waals surface area contributed by atoms with Gasteiger partial charge in [0.25, 0.3) is 0 Å². The second-order valence-corrected chi connectivity index (χ2v) is 8.61. The first kappa shape index (κ1) is 13.7. The van der Waals surface area contributed by atoms with E-state index in [1.165, 1.54) is 61.5 Å². The van der Waals surface area contributed by atoms with E-state index in [1.807, 2.05) is 11.9 Å². The van der Waals surface area contributed by atoms with Gasteiger partial charge in [-0.25, -0.2) is 4.31 Å². The lowest BCUT2D eigenvalue weighted by Gasteiger charge is -2.47. The van der Waals surface area contributed by atoms with Crippen LogP contribution in [0.4, 0.5) is 5.69 Å². The Balaban J connectivity index is 1.28. The van der Waals surface area contributed by atoms with Crippen LogP contribution in [0.2, 0.25) is 0 Å². The molecule has 22 heavy (non-hydrogen) atoms. The summed E-state index contributed by atoms with van der Waals surface area (Å²) in [5, 5.41) is 3.62. The molecule has 5 aliphatic rings. The standard InChI is InChI=1S/C18H25N3S/c1-2-13(1)10-19-16-4-3-15-11-21(22-18(15)9-16)17-12-20-7-5-14(17)6-8-20/h3-4,9,13-14,17,19H,1-2,5-8,10-12H2/t17-/m1/s1. The van der Waals surface area contributed by atoms with Crippen LogP contribution in [0.5, 0.6) is 0 Å². The molecule has 1 aromatic rings. The van der Waals surface area contributed by atoms with Crippen molar-refractivity contribution in [2.75, 3.05) is 31.5 Å². The lowest BCUT2D eigenvalue weighted by molar-refractivity contribution is 0.0420. The van der Waals surface area contributed by atoms with Crippen molar-refractivity contribution in [3.63, 3.8) is 0 Å². The van der Waals surface area contributed by atoms with Crippen LogP contribution in [0, 0.1) is 11.8 Å². The molecule has 6 rings (SSSR count). The molecule has 1 aliphatic carbocycles. The van der Waals surface area contributed by atoms with E-state index in [4.69, 9.17) is 0 Å². The normalized spacial score (nSPS) is 33.9. The summed E-state index contributed by atoms with van der Waals surface area (Å²) in [6.45, 7) is 6.26. The quantitative estimate of drug-likeness (QED) is 0.858. The first-order valence-electron chi connectivity index (χ1n) is 8.89. The van der Waals surface area contributed by atoms with Crippen LogP contribution >= 0.6 is 11.9 Å². The van der Waals surface area contributed by atoms with Gasteiger partial charge in [0.15, 0.2) is 0 Å². The van der Waals surface area contributed by atoms with Crippen LogP contribution in [0.15, 0.2) is 23.1 Å². The summed E-state index contributed by atoms with van der Waals surface area (Å²) >= 11 is 2.01. The molecule has 0 radical (unpaired) electrons. The highest BCUT2D eigenvalue weighted by Crippen LogP contribution is 2.43. The SMILES string of the molecule is c1cc2c(cc1NCC1CC1)SN([C@@H]1CN3CCC1CC3)C2. The molecule has 4 fully saturated rings. The minimum Gasteiger partial charge on any atom is -0.385 e. The molecule has 1 N–H and O–H groups in total. The largest absolute Gasteiger partial charge is 0.385 e. The van der Waals surface area contributed by atoms with Crippen LogP contribution < -0.4 is 5.32 Å². The molecular formula is C18H25N3S. The highest BCUT2D eigenvalue weighted by molar-refractivity contribution is 7.97. The zero-order valence-electron chi connectivity index (χ0n) is 13.1. The fourth-order valence-corrected chi connectivity index (χ4v) is 5.50. The zero-order valence-corrected chi connectivity index (χ0v) is 13.9. The average Bonchev–Trinajstić information content (AvgIpc) is 3.31. The molecular weight excluding hydrogens is 290 g/mol. The van der Waals surface area contributed by atoms with Gasteiger partial charge in [-0.05, 0) is 80.3 Å². The van der Waals surface area contributed by atoms with E-state index < -0.39 is 0 Å². The van der Waals surface area contributed by atoms with Gasteiger partial charge in [0.05, 0.1) is 0 Å². The summed E-state index contributed by atoms with van der Waals surface area (Å²) < 4.78 is 2.67. The van der Waals surface area contributed by atoms with Crippen molar-refractivity contribution in [1.82, 2.24) is 9.21 Å². The molecule has 4 heterocycles. The van der Waals surface area contributed by atoms with Gasteiger partial charge in [0, 0.05) is 36.3 Å². The predicted octanol–water partition coefficient (Wildman–Crippen LogP) is 3.43. The zero-order chi connectivity index (χ0) is 14.5.